The molecule has 0 aromatic heterocycles. The molecule has 1 aliphatic carbocycles. The van der Waals surface area contributed by atoms with E-state index in [1.165, 1.54) is 0 Å². The van der Waals surface area contributed by atoms with Gasteiger partial charge in [0.1, 0.15) is 6.04 Å². The highest BCUT2D eigenvalue weighted by atomic mass is 16.2. The zero-order valence-corrected chi connectivity index (χ0v) is 10.3. The molecule has 1 saturated carbocycles. The van der Waals surface area contributed by atoms with Crippen LogP contribution in [-0.4, -0.2) is 35.3 Å². The summed E-state index contributed by atoms with van der Waals surface area (Å²) < 4.78 is 0. The topological polar surface area (TPSA) is 49.4 Å². The summed E-state index contributed by atoms with van der Waals surface area (Å²) in [4.78, 5) is 25.8. The molecule has 2 unspecified atom stereocenters. The van der Waals surface area contributed by atoms with Crippen LogP contribution in [0.15, 0.2) is 12.7 Å². The number of hydrogen-bond donors (Lipinski definition) is 1. The second-order valence-corrected chi connectivity index (χ2v) is 5.04. The summed E-state index contributed by atoms with van der Waals surface area (Å²) in [5.74, 6) is 0.458. The van der Waals surface area contributed by atoms with Gasteiger partial charge in [-0.2, -0.15) is 0 Å². The Labute approximate surface area is 102 Å². The van der Waals surface area contributed by atoms with Crippen molar-refractivity contribution >= 4 is 11.8 Å². The van der Waals surface area contributed by atoms with Gasteiger partial charge in [0.15, 0.2) is 0 Å². The van der Waals surface area contributed by atoms with Crippen molar-refractivity contribution in [1.29, 1.82) is 0 Å². The van der Waals surface area contributed by atoms with Gasteiger partial charge in [-0.3, -0.25) is 9.59 Å². The minimum atomic E-state index is -0.280. The molecular formula is C13H20N2O2. The minimum absolute atomic E-state index is 0.00329. The van der Waals surface area contributed by atoms with E-state index in [2.05, 4.69) is 11.9 Å². The van der Waals surface area contributed by atoms with Gasteiger partial charge >= 0.3 is 0 Å². The standard InChI is InChI=1S/C13H20N2O2/c1-3-4-9(2)15-8-7-11(16)14-12(13(15)17)10-5-6-10/h3,9-10,12H,1,4-8H2,2H3,(H,14,16). The zero-order valence-electron chi connectivity index (χ0n) is 10.3. The Morgan fingerprint density at radius 3 is 2.82 bits per heavy atom. The predicted molar refractivity (Wildman–Crippen MR) is 65.3 cm³/mol. The fraction of sp³-hybridized carbons (Fsp3) is 0.692. The molecule has 2 fully saturated rings. The van der Waals surface area contributed by atoms with Crippen molar-refractivity contribution < 1.29 is 9.59 Å². The van der Waals surface area contributed by atoms with Crippen LogP contribution in [0.2, 0.25) is 0 Å². The molecule has 2 aliphatic rings. The first-order chi connectivity index (χ1) is 8.13. The molecule has 4 heteroatoms. The van der Waals surface area contributed by atoms with Gasteiger partial charge in [-0.15, -0.1) is 6.58 Å². The first kappa shape index (κ1) is 12.1. The number of nitrogens with one attached hydrogen (secondary N) is 1. The zero-order chi connectivity index (χ0) is 12.4. The molecule has 1 aliphatic heterocycles. The molecule has 0 aromatic rings. The number of carbonyl (C=O) groups is 2. The summed E-state index contributed by atoms with van der Waals surface area (Å²) in [6, 6.07) is -0.147. The predicted octanol–water partition coefficient (Wildman–Crippen LogP) is 1.08. The van der Waals surface area contributed by atoms with E-state index < -0.39 is 0 Å². The van der Waals surface area contributed by atoms with E-state index in [1.54, 1.807) is 0 Å². The fourth-order valence-corrected chi connectivity index (χ4v) is 2.37. The molecule has 94 valence electrons. The van der Waals surface area contributed by atoms with Crippen LogP contribution in [0.3, 0.4) is 0 Å². The summed E-state index contributed by atoms with van der Waals surface area (Å²) >= 11 is 0. The molecule has 17 heavy (non-hydrogen) atoms. The Balaban J connectivity index is 2.11. The van der Waals surface area contributed by atoms with Crippen molar-refractivity contribution in [3.63, 3.8) is 0 Å². The first-order valence-electron chi connectivity index (χ1n) is 6.34. The summed E-state index contributed by atoms with van der Waals surface area (Å²) in [5.41, 5.74) is 0. The molecule has 1 saturated heterocycles. The second kappa shape index (κ2) is 4.90. The van der Waals surface area contributed by atoms with Gasteiger partial charge in [-0.1, -0.05) is 6.08 Å². The lowest BCUT2D eigenvalue weighted by molar-refractivity contribution is -0.135. The maximum Gasteiger partial charge on any atom is 0.245 e. The number of hydrogen-bond acceptors (Lipinski definition) is 2. The lowest BCUT2D eigenvalue weighted by atomic mass is 10.1. The molecule has 0 aromatic carbocycles. The largest absolute Gasteiger partial charge is 0.344 e. The summed E-state index contributed by atoms with van der Waals surface area (Å²) in [6.45, 7) is 6.25. The Kier molecular flexibility index (Phi) is 3.50. The van der Waals surface area contributed by atoms with Gasteiger partial charge in [0, 0.05) is 19.0 Å². The molecule has 4 nitrogen and oxygen atoms in total. The lowest BCUT2D eigenvalue weighted by Crippen LogP contribution is -2.48. The van der Waals surface area contributed by atoms with Crippen molar-refractivity contribution in [2.45, 2.75) is 44.7 Å². The second-order valence-electron chi connectivity index (χ2n) is 5.04. The summed E-state index contributed by atoms with van der Waals surface area (Å²) in [6.07, 6.45) is 5.12. The molecule has 1 heterocycles. The summed E-state index contributed by atoms with van der Waals surface area (Å²) in [5, 5.41) is 2.86. The normalized spacial score (nSPS) is 27.4. The molecule has 2 atom stereocenters. The average Bonchev–Trinajstić information content (AvgIpc) is 3.09. The first-order valence-corrected chi connectivity index (χ1v) is 6.34. The Bertz CT molecular complexity index is 336. The van der Waals surface area contributed by atoms with Crippen LogP contribution >= 0.6 is 0 Å². The third kappa shape index (κ3) is 2.68. The van der Waals surface area contributed by atoms with Gasteiger partial charge in [-0.05, 0) is 32.1 Å². The van der Waals surface area contributed by atoms with Crippen molar-refractivity contribution in [3.05, 3.63) is 12.7 Å². The van der Waals surface area contributed by atoms with Gasteiger partial charge < -0.3 is 10.2 Å². The highest BCUT2D eigenvalue weighted by Crippen LogP contribution is 2.34. The quantitative estimate of drug-likeness (QED) is 0.742. The number of nitrogens with zero attached hydrogens (tertiary/aromatic N) is 1. The van der Waals surface area contributed by atoms with Crippen molar-refractivity contribution in [1.82, 2.24) is 10.2 Å². The molecule has 0 spiro atoms. The van der Waals surface area contributed by atoms with Gasteiger partial charge in [0.2, 0.25) is 11.8 Å². The Hall–Kier alpha value is -1.32. The van der Waals surface area contributed by atoms with Crippen molar-refractivity contribution in [2.75, 3.05) is 6.54 Å². The molecular weight excluding hydrogens is 216 g/mol. The third-order valence-corrected chi connectivity index (χ3v) is 3.58. The van der Waals surface area contributed by atoms with Crippen LogP contribution in [0.25, 0.3) is 0 Å². The molecule has 1 N–H and O–H groups in total. The van der Waals surface area contributed by atoms with Crippen LogP contribution in [0.4, 0.5) is 0 Å². The van der Waals surface area contributed by atoms with Crippen LogP contribution in [0.5, 0.6) is 0 Å². The number of carbonyl (C=O) groups excluding carboxylic acids is 2. The van der Waals surface area contributed by atoms with Crippen molar-refractivity contribution in [2.24, 2.45) is 5.92 Å². The van der Waals surface area contributed by atoms with E-state index in [-0.39, 0.29) is 23.9 Å². The number of amides is 2. The molecule has 0 radical (unpaired) electrons. The minimum Gasteiger partial charge on any atom is -0.344 e. The molecule has 2 rings (SSSR count). The summed E-state index contributed by atoms with van der Waals surface area (Å²) in [7, 11) is 0. The van der Waals surface area contributed by atoms with E-state index in [4.69, 9.17) is 0 Å². The Morgan fingerprint density at radius 1 is 1.53 bits per heavy atom. The smallest absolute Gasteiger partial charge is 0.245 e. The highest BCUT2D eigenvalue weighted by Gasteiger charge is 2.41. The van der Waals surface area contributed by atoms with Gasteiger partial charge in [0.05, 0.1) is 0 Å². The van der Waals surface area contributed by atoms with Crippen LogP contribution in [0.1, 0.15) is 32.6 Å². The van der Waals surface area contributed by atoms with Crippen molar-refractivity contribution in [3.8, 4) is 0 Å². The average molecular weight is 236 g/mol. The van der Waals surface area contributed by atoms with Gasteiger partial charge in [0.25, 0.3) is 0 Å². The van der Waals surface area contributed by atoms with E-state index in [1.807, 2.05) is 17.9 Å². The fourth-order valence-electron chi connectivity index (χ4n) is 2.37. The van der Waals surface area contributed by atoms with Crippen LogP contribution < -0.4 is 5.32 Å². The Morgan fingerprint density at radius 2 is 2.24 bits per heavy atom. The SMILES string of the molecule is C=CCC(C)N1CCC(=O)NC(C2CC2)C1=O. The number of rotatable bonds is 4. The maximum absolute atomic E-state index is 12.4. The van der Waals surface area contributed by atoms with E-state index in [0.717, 1.165) is 19.3 Å². The molecule has 0 bridgehead atoms. The lowest BCUT2D eigenvalue weighted by Gasteiger charge is -2.29. The van der Waals surface area contributed by atoms with E-state index in [0.29, 0.717) is 18.9 Å². The van der Waals surface area contributed by atoms with Crippen LogP contribution in [-0.2, 0) is 9.59 Å². The third-order valence-electron chi connectivity index (χ3n) is 3.58. The monoisotopic (exact) mass is 236 g/mol. The highest BCUT2D eigenvalue weighted by molar-refractivity contribution is 5.90. The van der Waals surface area contributed by atoms with Gasteiger partial charge in [-0.25, -0.2) is 0 Å². The van der Waals surface area contributed by atoms with E-state index in [9.17, 15) is 9.59 Å². The van der Waals surface area contributed by atoms with Crippen LogP contribution in [0, 0.1) is 5.92 Å². The maximum atomic E-state index is 12.4. The molecule has 2 amide bonds. The van der Waals surface area contributed by atoms with E-state index >= 15 is 0 Å².